The quantitative estimate of drug-likeness (QED) is 0.212. The third-order valence-corrected chi connectivity index (χ3v) is 1.08. The number of rotatable bonds is 5. The molecule has 0 aromatic heterocycles. The van der Waals surface area contributed by atoms with E-state index >= 15 is 0 Å². The molecule has 0 aliphatic carbocycles. The van der Waals surface area contributed by atoms with Gasteiger partial charge in [-0.1, -0.05) is 0 Å². The Balaban J connectivity index is 2.88. The van der Waals surface area contributed by atoms with Gasteiger partial charge in [0.05, 0.1) is 0 Å². The van der Waals surface area contributed by atoms with Crippen LogP contribution in [0.15, 0.2) is 0 Å². The van der Waals surface area contributed by atoms with Gasteiger partial charge in [0.25, 0.3) is 0 Å². The van der Waals surface area contributed by atoms with Gasteiger partial charge in [-0.25, -0.2) is 4.89 Å². The zero-order valence-electron chi connectivity index (χ0n) is 5.42. The van der Waals surface area contributed by atoms with Crippen LogP contribution in [0.3, 0.4) is 0 Å². The van der Waals surface area contributed by atoms with Gasteiger partial charge in [0, 0.05) is 0 Å². The van der Waals surface area contributed by atoms with E-state index in [1.54, 1.807) is 0 Å². The summed E-state index contributed by atoms with van der Waals surface area (Å²) in [6.07, 6.45) is 1.94. The van der Waals surface area contributed by atoms with Crippen LogP contribution in [0.1, 0.15) is 19.3 Å². The van der Waals surface area contributed by atoms with Crippen LogP contribution in [-0.4, -0.2) is 18.0 Å². The highest BCUT2D eigenvalue weighted by Crippen LogP contribution is 1.96. The second-order valence-electron chi connectivity index (χ2n) is 1.93. The Morgan fingerprint density at radius 3 is 2.56 bits per heavy atom. The predicted molar refractivity (Wildman–Crippen MR) is 34.6 cm³/mol. The van der Waals surface area contributed by atoms with Crippen LogP contribution in [0.25, 0.3) is 0 Å². The first kappa shape index (κ1) is 8.84. The molecule has 0 saturated carbocycles. The van der Waals surface area contributed by atoms with Crippen LogP contribution in [0.5, 0.6) is 0 Å². The van der Waals surface area contributed by atoms with Crippen LogP contribution in [-0.2, 0) is 4.89 Å². The van der Waals surface area contributed by atoms with Crippen molar-refractivity contribution in [2.24, 2.45) is 11.5 Å². The second-order valence-corrected chi connectivity index (χ2v) is 1.93. The van der Waals surface area contributed by atoms with Crippen molar-refractivity contribution in [2.45, 2.75) is 25.5 Å². The molecular weight excluding hydrogens is 120 g/mol. The van der Waals surface area contributed by atoms with Gasteiger partial charge in [-0.05, 0) is 25.8 Å². The van der Waals surface area contributed by atoms with Gasteiger partial charge < -0.3 is 11.5 Å². The van der Waals surface area contributed by atoms with Gasteiger partial charge in [-0.15, -0.1) is 0 Å². The molecule has 9 heavy (non-hydrogen) atoms. The Morgan fingerprint density at radius 1 is 1.44 bits per heavy atom. The summed E-state index contributed by atoms with van der Waals surface area (Å²) < 4.78 is 0. The fraction of sp³-hybridized carbons (Fsp3) is 1.00. The highest BCUT2D eigenvalue weighted by atomic mass is 17.1. The molecule has 0 radical (unpaired) electrons. The number of hydrogen-bond acceptors (Lipinski definition) is 4. The molecule has 0 amide bonds. The first-order valence-electron chi connectivity index (χ1n) is 3.07. The average Bonchev–Trinajstić information content (AvgIpc) is 1.89. The Bertz CT molecular complexity index is 60.9. The van der Waals surface area contributed by atoms with Crippen LogP contribution < -0.4 is 11.5 Å². The number of nitrogens with two attached hydrogens (primary N) is 2. The van der Waals surface area contributed by atoms with Gasteiger partial charge in [0.15, 0.2) is 0 Å². The molecule has 0 aliphatic rings. The van der Waals surface area contributed by atoms with E-state index in [4.69, 9.17) is 16.7 Å². The van der Waals surface area contributed by atoms with Crippen molar-refractivity contribution in [1.29, 1.82) is 0 Å². The van der Waals surface area contributed by atoms with E-state index in [-0.39, 0.29) is 0 Å². The van der Waals surface area contributed by atoms with E-state index in [1.165, 1.54) is 0 Å². The standard InChI is InChI=1S/C5H14N2O2/c6-4-2-1-3-5(7)9-8/h5,8H,1-4,6-7H2. The molecule has 56 valence electrons. The third kappa shape index (κ3) is 5.72. The van der Waals surface area contributed by atoms with Crippen molar-refractivity contribution < 1.29 is 10.1 Å². The molecule has 0 rings (SSSR count). The predicted octanol–water partition coefficient (Wildman–Crippen LogP) is -0.110. The highest BCUT2D eigenvalue weighted by Gasteiger charge is 1.98. The molecule has 0 heterocycles. The van der Waals surface area contributed by atoms with Crippen LogP contribution in [0, 0.1) is 0 Å². The SMILES string of the molecule is NCCCCC(N)OO. The summed E-state index contributed by atoms with van der Waals surface area (Å²) in [5, 5.41) is 7.98. The molecule has 4 nitrogen and oxygen atoms in total. The van der Waals surface area contributed by atoms with E-state index in [0.717, 1.165) is 12.8 Å². The van der Waals surface area contributed by atoms with Gasteiger partial charge in [-0.2, -0.15) is 0 Å². The van der Waals surface area contributed by atoms with Crippen LogP contribution in [0.2, 0.25) is 0 Å². The normalized spacial score (nSPS) is 13.7. The lowest BCUT2D eigenvalue weighted by Gasteiger charge is -2.04. The smallest absolute Gasteiger partial charge is 0.141 e. The van der Waals surface area contributed by atoms with Crippen LogP contribution >= 0.6 is 0 Å². The first-order valence-corrected chi connectivity index (χ1v) is 3.07. The topological polar surface area (TPSA) is 81.5 Å². The van der Waals surface area contributed by atoms with Crippen molar-refractivity contribution in [3.05, 3.63) is 0 Å². The maximum Gasteiger partial charge on any atom is 0.141 e. The molecule has 4 heteroatoms. The van der Waals surface area contributed by atoms with Crippen molar-refractivity contribution in [2.75, 3.05) is 6.54 Å². The second kappa shape index (κ2) is 5.97. The zero-order valence-corrected chi connectivity index (χ0v) is 5.42. The van der Waals surface area contributed by atoms with E-state index in [0.29, 0.717) is 13.0 Å². The molecule has 0 bridgehead atoms. The summed E-state index contributed by atoms with van der Waals surface area (Å²) in [4.78, 5) is 3.83. The molecule has 1 unspecified atom stereocenters. The summed E-state index contributed by atoms with van der Waals surface area (Å²) in [6, 6.07) is 0. The molecule has 5 N–H and O–H groups in total. The lowest BCUT2D eigenvalue weighted by Crippen LogP contribution is -2.22. The van der Waals surface area contributed by atoms with E-state index in [1.807, 2.05) is 0 Å². The largest absolute Gasteiger partial charge is 0.330 e. The molecule has 0 aliphatic heterocycles. The first-order chi connectivity index (χ1) is 4.31. The van der Waals surface area contributed by atoms with Crippen molar-refractivity contribution in [1.82, 2.24) is 0 Å². The average molecular weight is 134 g/mol. The van der Waals surface area contributed by atoms with Gasteiger partial charge in [0.1, 0.15) is 6.23 Å². The minimum absolute atomic E-state index is 0.545. The lowest BCUT2D eigenvalue weighted by molar-refractivity contribution is -0.278. The highest BCUT2D eigenvalue weighted by molar-refractivity contribution is 4.47. The Morgan fingerprint density at radius 2 is 2.11 bits per heavy atom. The summed E-state index contributed by atoms with van der Waals surface area (Å²) in [6.45, 7) is 0.665. The summed E-state index contributed by atoms with van der Waals surface area (Å²) in [5.74, 6) is 0. The summed E-state index contributed by atoms with van der Waals surface area (Å²) in [7, 11) is 0. The van der Waals surface area contributed by atoms with Crippen LogP contribution in [0.4, 0.5) is 0 Å². The Labute approximate surface area is 54.7 Å². The fourth-order valence-electron chi connectivity index (χ4n) is 0.543. The minimum Gasteiger partial charge on any atom is -0.330 e. The number of hydrogen-bond donors (Lipinski definition) is 3. The van der Waals surface area contributed by atoms with Crippen molar-refractivity contribution >= 4 is 0 Å². The Kier molecular flexibility index (Phi) is 5.86. The summed E-state index contributed by atoms with van der Waals surface area (Å²) >= 11 is 0. The lowest BCUT2D eigenvalue weighted by atomic mass is 10.2. The zero-order chi connectivity index (χ0) is 7.11. The molecule has 0 spiro atoms. The van der Waals surface area contributed by atoms with Gasteiger partial charge >= 0.3 is 0 Å². The molecule has 0 aromatic rings. The molecule has 1 atom stereocenters. The van der Waals surface area contributed by atoms with Crippen molar-refractivity contribution in [3.8, 4) is 0 Å². The fourth-order valence-corrected chi connectivity index (χ4v) is 0.543. The van der Waals surface area contributed by atoms with Gasteiger partial charge in [0.2, 0.25) is 0 Å². The molecular formula is C5H14N2O2. The molecule has 0 fully saturated rings. The minimum atomic E-state index is -0.545. The summed E-state index contributed by atoms with van der Waals surface area (Å²) in [5.41, 5.74) is 10.4. The maximum atomic E-state index is 7.98. The van der Waals surface area contributed by atoms with E-state index in [2.05, 4.69) is 4.89 Å². The number of unbranched alkanes of at least 4 members (excludes halogenated alkanes) is 1. The van der Waals surface area contributed by atoms with E-state index in [9.17, 15) is 0 Å². The Hall–Kier alpha value is -0.160. The van der Waals surface area contributed by atoms with Crippen molar-refractivity contribution in [3.63, 3.8) is 0 Å². The third-order valence-electron chi connectivity index (χ3n) is 1.08. The maximum absolute atomic E-state index is 7.98. The van der Waals surface area contributed by atoms with E-state index < -0.39 is 6.23 Å². The molecule has 0 aromatic carbocycles. The monoisotopic (exact) mass is 134 g/mol. The van der Waals surface area contributed by atoms with Gasteiger partial charge in [-0.3, -0.25) is 5.26 Å². The molecule has 0 saturated heterocycles.